The van der Waals surface area contributed by atoms with Crippen molar-refractivity contribution in [2.45, 2.75) is 30.7 Å². The number of unbranched alkanes of at least 4 members (excludes halogenated alkanes) is 2. The van der Waals surface area contributed by atoms with Gasteiger partial charge in [-0.05, 0) is 61.7 Å². The molecule has 7 nitrogen and oxygen atoms in total. The van der Waals surface area contributed by atoms with Gasteiger partial charge in [0.15, 0.2) is 9.84 Å². The third kappa shape index (κ3) is 5.51. The Labute approximate surface area is 198 Å². The standard InChI is InChI=1S/C26H27NO6S/c1-34(30,31)21-12-9-19(10-13-21)32-15-5-2-6-16-33-20-11-14-23-22-7-3-4-8-24(22)27(18-26(28)29)25(23)17-20/h3-4,7-14,17H,2,5-6,15-16,18H2,1H3,(H,28,29). The van der Waals surface area contributed by atoms with Crippen LogP contribution < -0.4 is 9.47 Å². The Bertz CT molecular complexity index is 1410. The molecular formula is C26H27NO6S. The fraction of sp³-hybridized carbons (Fsp3) is 0.269. The summed E-state index contributed by atoms with van der Waals surface area (Å²) in [5, 5.41) is 11.4. The number of nitrogens with zero attached hydrogens (tertiary/aromatic N) is 1. The second-order valence-electron chi connectivity index (χ2n) is 8.18. The molecule has 0 spiro atoms. The minimum absolute atomic E-state index is 0.107. The van der Waals surface area contributed by atoms with Gasteiger partial charge < -0.3 is 19.1 Å². The first-order chi connectivity index (χ1) is 16.3. The molecule has 8 heteroatoms. The first kappa shape index (κ1) is 23.6. The van der Waals surface area contributed by atoms with Gasteiger partial charge in [0.25, 0.3) is 0 Å². The Morgan fingerprint density at radius 1 is 0.824 bits per heavy atom. The predicted octanol–water partition coefficient (Wildman–Crippen LogP) is 4.91. The van der Waals surface area contributed by atoms with Crippen molar-refractivity contribution in [2.75, 3.05) is 19.5 Å². The van der Waals surface area contributed by atoms with Crippen molar-refractivity contribution in [2.24, 2.45) is 0 Å². The van der Waals surface area contributed by atoms with Gasteiger partial charge in [-0.3, -0.25) is 4.79 Å². The van der Waals surface area contributed by atoms with Gasteiger partial charge >= 0.3 is 5.97 Å². The van der Waals surface area contributed by atoms with Crippen LogP contribution in [0.15, 0.2) is 71.6 Å². The van der Waals surface area contributed by atoms with Crippen LogP contribution in [0.25, 0.3) is 21.8 Å². The highest BCUT2D eigenvalue weighted by atomic mass is 32.2. The molecule has 3 aromatic carbocycles. The normalized spacial score (nSPS) is 11.7. The number of ether oxygens (including phenoxy) is 2. The molecule has 178 valence electrons. The van der Waals surface area contributed by atoms with Crippen molar-refractivity contribution in [3.63, 3.8) is 0 Å². The van der Waals surface area contributed by atoms with Gasteiger partial charge in [-0.2, -0.15) is 0 Å². The zero-order valence-corrected chi connectivity index (χ0v) is 19.8. The van der Waals surface area contributed by atoms with E-state index >= 15 is 0 Å². The van der Waals surface area contributed by atoms with Gasteiger partial charge in [-0.25, -0.2) is 8.42 Å². The lowest BCUT2D eigenvalue weighted by Gasteiger charge is -2.09. The van der Waals surface area contributed by atoms with Crippen molar-refractivity contribution in [3.8, 4) is 11.5 Å². The average Bonchev–Trinajstić information content (AvgIpc) is 3.11. The summed E-state index contributed by atoms with van der Waals surface area (Å²) < 4.78 is 36.4. The molecule has 0 aliphatic rings. The van der Waals surface area contributed by atoms with E-state index < -0.39 is 15.8 Å². The number of hydrogen-bond acceptors (Lipinski definition) is 5. The van der Waals surface area contributed by atoms with Gasteiger partial charge in [0.2, 0.25) is 0 Å². The molecular weight excluding hydrogens is 454 g/mol. The van der Waals surface area contributed by atoms with Crippen molar-refractivity contribution in [1.82, 2.24) is 4.57 Å². The van der Waals surface area contributed by atoms with E-state index in [1.165, 1.54) is 6.26 Å². The summed E-state index contributed by atoms with van der Waals surface area (Å²) in [4.78, 5) is 11.7. The molecule has 0 unspecified atom stereocenters. The number of benzene rings is 3. The number of sulfone groups is 1. The number of hydrogen-bond donors (Lipinski definition) is 1. The lowest BCUT2D eigenvalue weighted by molar-refractivity contribution is -0.137. The predicted molar refractivity (Wildman–Crippen MR) is 131 cm³/mol. The number of rotatable bonds is 11. The zero-order chi connectivity index (χ0) is 24.1. The van der Waals surface area contributed by atoms with Gasteiger partial charge in [0.05, 0.1) is 23.6 Å². The highest BCUT2D eigenvalue weighted by molar-refractivity contribution is 7.90. The van der Waals surface area contributed by atoms with Gasteiger partial charge in [0, 0.05) is 28.6 Å². The fourth-order valence-corrected chi connectivity index (χ4v) is 4.60. The molecule has 0 amide bonds. The van der Waals surface area contributed by atoms with Crippen LogP contribution in [0.3, 0.4) is 0 Å². The quantitative estimate of drug-likeness (QED) is 0.306. The van der Waals surface area contributed by atoms with E-state index in [0.717, 1.165) is 41.1 Å². The summed E-state index contributed by atoms with van der Waals surface area (Å²) in [5.41, 5.74) is 1.74. The van der Waals surface area contributed by atoms with Crippen LogP contribution in [0, 0.1) is 0 Å². The van der Waals surface area contributed by atoms with E-state index in [4.69, 9.17) is 9.47 Å². The lowest BCUT2D eigenvalue weighted by atomic mass is 10.1. The number of carboxylic acid groups (broad SMARTS) is 1. The third-order valence-corrected chi connectivity index (χ3v) is 6.74. The Hall–Kier alpha value is -3.52. The SMILES string of the molecule is CS(=O)(=O)c1ccc(OCCCCCOc2ccc3c4ccccc4n(CC(=O)O)c3c2)cc1. The minimum atomic E-state index is -3.20. The number of aliphatic carboxylic acids is 1. The number of para-hydroxylation sites is 1. The van der Waals surface area contributed by atoms with Gasteiger partial charge in [-0.15, -0.1) is 0 Å². The van der Waals surface area contributed by atoms with Gasteiger partial charge in [0.1, 0.15) is 18.0 Å². The summed E-state index contributed by atoms with van der Waals surface area (Å²) in [6, 6.07) is 20.0. The lowest BCUT2D eigenvalue weighted by Crippen LogP contribution is -2.08. The molecule has 34 heavy (non-hydrogen) atoms. The molecule has 1 aromatic heterocycles. The molecule has 0 atom stereocenters. The molecule has 0 fully saturated rings. The van der Waals surface area contributed by atoms with Gasteiger partial charge in [-0.1, -0.05) is 18.2 Å². The fourth-order valence-electron chi connectivity index (χ4n) is 3.97. The Kier molecular flexibility index (Phi) is 7.07. The zero-order valence-electron chi connectivity index (χ0n) is 18.9. The van der Waals surface area contributed by atoms with Crippen LogP contribution in [-0.2, 0) is 21.2 Å². The number of carboxylic acids is 1. The van der Waals surface area contributed by atoms with E-state index in [0.29, 0.717) is 24.7 Å². The van der Waals surface area contributed by atoms with Crippen LogP contribution >= 0.6 is 0 Å². The molecule has 1 N–H and O–H groups in total. The maximum atomic E-state index is 11.5. The summed E-state index contributed by atoms with van der Waals surface area (Å²) in [7, 11) is -3.20. The topological polar surface area (TPSA) is 94.8 Å². The molecule has 4 rings (SSSR count). The Balaban J connectivity index is 1.28. The highest BCUT2D eigenvalue weighted by Crippen LogP contribution is 2.31. The van der Waals surface area contributed by atoms with Crippen molar-refractivity contribution < 1.29 is 27.8 Å². The number of carbonyl (C=O) groups is 1. The van der Waals surface area contributed by atoms with E-state index in [1.807, 2.05) is 42.5 Å². The number of fused-ring (bicyclic) bond motifs is 3. The summed E-state index contributed by atoms with van der Waals surface area (Å²) in [5.74, 6) is 0.473. The second-order valence-corrected chi connectivity index (χ2v) is 10.2. The first-order valence-electron chi connectivity index (χ1n) is 11.1. The molecule has 0 saturated carbocycles. The number of aromatic nitrogens is 1. The smallest absolute Gasteiger partial charge is 0.323 e. The van der Waals surface area contributed by atoms with Crippen LogP contribution in [0.1, 0.15) is 19.3 Å². The molecule has 0 radical (unpaired) electrons. The Morgan fingerprint density at radius 2 is 1.44 bits per heavy atom. The molecule has 1 heterocycles. The van der Waals surface area contributed by atoms with Crippen LogP contribution in [0.5, 0.6) is 11.5 Å². The van der Waals surface area contributed by atoms with E-state index in [-0.39, 0.29) is 11.4 Å². The van der Waals surface area contributed by atoms with Crippen molar-refractivity contribution in [3.05, 3.63) is 66.7 Å². The monoisotopic (exact) mass is 481 g/mol. The molecule has 0 aliphatic carbocycles. The van der Waals surface area contributed by atoms with E-state index in [1.54, 1.807) is 28.8 Å². The maximum Gasteiger partial charge on any atom is 0.323 e. The van der Waals surface area contributed by atoms with Crippen molar-refractivity contribution in [1.29, 1.82) is 0 Å². The maximum absolute atomic E-state index is 11.5. The van der Waals surface area contributed by atoms with E-state index in [2.05, 4.69) is 0 Å². The largest absolute Gasteiger partial charge is 0.494 e. The summed E-state index contributed by atoms with van der Waals surface area (Å²) >= 11 is 0. The molecule has 0 aliphatic heterocycles. The Morgan fingerprint density at radius 3 is 2.12 bits per heavy atom. The average molecular weight is 482 g/mol. The second kappa shape index (κ2) is 10.2. The highest BCUT2D eigenvalue weighted by Gasteiger charge is 2.13. The van der Waals surface area contributed by atoms with E-state index in [9.17, 15) is 18.3 Å². The van der Waals surface area contributed by atoms with Crippen LogP contribution in [0.4, 0.5) is 0 Å². The van der Waals surface area contributed by atoms with Crippen molar-refractivity contribution >= 4 is 37.6 Å². The van der Waals surface area contributed by atoms with Crippen LogP contribution in [-0.4, -0.2) is 43.5 Å². The van der Waals surface area contributed by atoms with Crippen LogP contribution in [0.2, 0.25) is 0 Å². The molecule has 0 bridgehead atoms. The summed E-state index contributed by atoms with van der Waals surface area (Å²) in [6.45, 7) is 0.984. The molecule has 4 aromatic rings. The molecule has 0 saturated heterocycles. The minimum Gasteiger partial charge on any atom is -0.494 e. The first-order valence-corrected chi connectivity index (χ1v) is 13.0. The summed E-state index contributed by atoms with van der Waals surface area (Å²) in [6.07, 6.45) is 3.80. The third-order valence-electron chi connectivity index (χ3n) is 5.62.